The minimum atomic E-state index is -0.492. The Morgan fingerprint density at radius 1 is 1.17 bits per heavy atom. The van der Waals surface area contributed by atoms with Crippen LogP contribution >= 0.6 is 0 Å². The smallest absolute Gasteiger partial charge is 0.270 e. The van der Waals surface area contributed by atoms with Crippen molar-refractivity contribution in [1.82, 2.24) is 14.9 Å². The molecule has 0 saturated heterocycles. The highest BCUT2D eigenvalue weighted by molar-refractivity contribution is 5.92. The number of para-hydroxylation sites is 1. The Labute approximate surface area is 140 Å². The lowest BCUT2D eigenvalue weighted by Gasteiger charge is -2.10. The molecule has 0 bridgehead atoms. The monoisotopic (exact) mass is 321 g/mol. The van der Waals surface area contributed by atoms with Gasteiger partial charge in [0, 0.05) is 12.2 Å². The zero-order valence-electron chi connectivity index (χ0n) is 13.4. The average molecular weight is 321 g/mol. The molecule has 1 atom stereocenters. The van der Waals surface area contributed by atoms with E-state index >= 15 is 0 Å². The quantitative estimate of drug-likeness (QED) is 0.759. The van der Waals surface area contributed by atoms with Gasteiger partial charge >= 0.3 is 0 Å². The molecule has 0 fully saturated rings. The fourth-order valence-electron chi connectivity index (χ4n) is 2.44. The molecule has 1 aromatic heterocycles. The Morgan fingerprint density at radius 2 is 1.88 bits per heavy atom. The summed E-state index contributed by atoms with van der Waals surface area (Å²) in [6.07, 6.45) is 2.69. The number of rotatable bonds is 5. The highest BCUT2D eigenvalue weighted by atomic mass is 16.3. The van der Waals surface area contributed by atoms with E-state index in [1.165, 1.54) is 0 Å². The number of aromatic nitrogens is 2. The molecule has 5 heteroatoms. The zero-order valence-corrected chi connectivity index (χ0v) is 13.4. The van der Waals surface area contributed by atoms with Gasteiger partial charge in [-0.3, -0.25) is 9.36 Å². The zero-order chi connectivity index (χ0) is 16.9. The van der Waals surface area contributed by atoms with Crippen LogP contribution in [-0.2, 0) is 6.54 Å². The highest BCUT2D eigenvalue weighted by Gasteiger charge is 2.12. The van der Waals surface area contributed by atoms with Gasteiger partial charge in [0.1, 0.15) is 5.69 Å². The molecule has 0 spiro atoms. The third kappa shape index (κ3) is 3.52. The molecule has 0 radical (unpaired) electrons. The number of imidazole rings is 1. The first-order valence-electron chi connectivity index (χ1n) is 7.78. The summed E-state index contributed by atoms with van der Waals surface area (Å²) in [6, 6.07) is 17.1. The van der Waals surface area contributed by atoms with E-state index < -0.39 is 6.10 Å². The second kappa shape index (κ2) is 7.10. The Balaban J connectivity index is 1.69. The summed E-state index contributed by atoms with van der Waals surface area (Å²) in [7, 11) is 0. The molecule has 2 aromatic carbocycles. The molecular formula is C19H19N3O2. The van der Waals surface area contributed by atoms with Gasteiger partial charge in [0.25, 0.3) is 5.91 Å². The molecule has 3 aromatic rings. The van der Waals surface area contributed by atoms with E-state index in [-0.39, 0.29) is 5.91 Å². The van der Waals surface area contributed by atoms with Gasteiger partial charge in [0.2, 0.25) is 0 Å². The van der Waals surface area contributed by atoms with Crippen molar-refractivity contribution in [3.05, 3.63) is 83.9 Å². The van der Waals surface area contributed by atoms with Crippen LogP contribution in [0.5, 0.6) is 0 Å². The average Bonchev–Trinajstić information content (AvgIpc) is 3.10. The molecule has 0 aliphatic rings. The fourth-order valence-corrected chi connectivity index (χ4v) is 2.44. The number of hydrogen-bond donors (Lipinski definition) is 2. The summed E-state index contributed by atoms with van der Waals surface area (Å²) in [5.41, 5.74) is 3.20. The number of hydrogen-bond acceptors (Lipinski definition) is 3. The van der Waals surface area contributed by atoms with E-state index in [9.17, 15) is 9.90 Å². The van der Waals surface area contributed by atoms with Crippen molar-refractivity contribution in [2.24, 2.45) is 0 Å². The first-order chi connectivity index (χ1) is 11.6. The molecule has 5 nitrogen and oxygen atoms in total. The normalized spacial score (nSPS) is 11.9. The molecule has 3 rings (SSSR count). The van der Waals surface area contributed by atoms with Crippen LogP contribution in [-0.4, -0.2) is 20.6 Å². The number of carbonyl (C=O) groups is 1. The van der Waals surface area contributed by atoms with E-state index in [4.69, 9.17) is 0 Å². The van der Waals surface area contributed by atoms with Crippen molar-refractivity contribution in [3.63, 3.8) is 0 Å². The summed E-state index contributed by atoms with van der Waals surface area (Å²) in [4.78, 5) is 16.5. The van der Waals surface area contributed by atoms with Gasteiger partial charge in [-0.1, -0.05) is 42.5 Å². The van der Waals surface area contributed by atoms with E-state index in [1.54, 1.807) is 24.0 Å². The van der Waals surface area contributed by atoms with Crippen LogP contribution in [0.15, 0.2) is 67.1 Å². The summed E-state index contributed by atoms with van der Waals surface area (Å²) < 4.78 is 1.76. The second-order valence-electron chi connectivity index (χ2n) is 5.58. The standard InChI is InChI=1S/C19H19N3O2/c1-14(23)16-9-7-15(8-10-16)11-21-19(24)18-12-20-13-22(18)17-5-3-2-4-6-17/h2-10,12-14,23H,11H2,1H3,(H,21,24)/t14-/m0/s1. The number of nitrogens with one attached hydrogen (secondary N) is 1. The molecule has 1 amide bonds. The largest absolute Gasteiger partial charge is 0.389 e. The van der Waals surface area contributed by atoms with Gasteiger partial charge in [-0.05, 0) is 30.2 Å². The van der Waals surface area contributed by atoms with E-state index in [1.807, 2.05) is 54.6 Å². The Kier molecular flexibility index (Phi) is 4.72. The van der Waals surface area contributed by atoms with Crippen molar-refractivity contribution >= 4 is 5.91 Å². The lowest BCUT2D eigenvalue weighted by molar-refractivity contribution is 0.0944. The molecule has 0 unspecified atom stereocenters. The van der Waals surface area contributed by atoms with Gasteiger partial charge < -0.3 is 10.4 Å². The summed E-state index contributed by atoms with van der Waals surface area (Å²) >= 11 is 0. The number of nitrogens with zero attached hydrogens (tertiary/aromatic N) is 2. The number of carbonyl (C=O) groups excluding carboxylic acids is 1. The molecule has 24 heavy (non-hydrogen) atoms. The maximum Gasteiger partial charge on any atom is 0.270 e. The minimum absolute atomic E-state index is 0.184. The molecular weight excluding hydrogens is 302 g/mol. The van der Waals surface area contributed by atoms with Crippen LogP contribution in [0, 0.1) is 0 Å². The Bertz CT molecular complexity index is 808. The van der Waals surface area contributed by atoms with E-state index in [0.717, 1.165) is 16.8 Å². The summed E-state index contributed by atoms with van der Waals surface area (Å²) in [5.74, 6) is -0.184. The van der Waals surface area contributed by atoms with Crippen molar-refractivity contribution < 1.29 is 9.90 Å². The van der Waals surface area contributed by atoms with Crippen molar-refractivity contribution in [2.75, 3.05) is 0 Å². The first kappa shape index (κ1) is 16.0. The van der Waals surface area contributed by atoms with Crippen molar-refractivity contribution in [2.45, 2.75) is 19.6 Å². The lowest BCUT2D eigenvalue weighted by Crippen LogP contribution is -2.25. The summed E-state index contributed by atoms with van der Waals surface area (Å²) in [5, 5.41) is 12.4. The minimum Gasteiger partial charge on any atom is -0.389 e. The maximum absolute atomic E-state index is 12.4. The molecule has 0 saturated carbocycles. The van der Waals surface area contributed by atoms with Gasteiger partial charge in [-0.2, -0.15) is 0 Å². The molecule has 2 N–H and O–H groups in total. The molecule has 0 aliphatic carbocycles. The van der Waals surface area contributed by atoms with Crippen LogP contribution in [0.25, 0.3) is 5.69 Å². The van der Waals surface area contributed by atoms with Gasteiger partial charge in [-0.15, -0.1) is 0 Å². The van der Waals surface area contributed by atoms with Crippen LogP contribution in [0.4, 0.5) is 0 Å². The van der Waals surface area contributed by atoms with Crippen molar-refractivity contribution in [1.29, 1.82) is 0 Å². The van der Waals surface area contributed by atoms with Gasteiger partial charge in [0.15, 0.2) is 0 Å². The lowest BCUT2D eigenvalue weighted by atomic mass is 10.1. The molecule has 1 heterocycles. The second-order valence-corrected chi connectivity index (χ2v) is 5.58. The maximum atomic E-state index is 12.4. The predicted octanol–water partition coefficient (Wildman–Crippen LogP) is 2.86. The van der Waals surface area contributed by atoms with Gasteiger partial charge in [-0.25, -0.2) is 4.98 Å². The number of aliphatic hydroxyl groups is 1. The number of amides is 1. The Morgan fingerprint density at radius 3 is 2.54 bits per heavy atom. The van der Waals surface area contributed by atoms with Crippen LogP contribution in [0.3, 0.4) is 0 Å². The summed E-state index contributed by atoms with van der Waals surface area (Å²) in [6.45, 7) is 2.14. The fraction of sp³-hybridized carbons (Fsp3) is 0.158. The van der Waals surface area contributed by atoms with Crippen LogP contribution in [0.2, 0.25) is 0 Å². The van der Waals surface area contributed by atoms with Crippen LogP contribution in [0.1, 0.15) is 34.6 Å². The first-order valence-corrected chi connectivity index (χ1v) is 7.78. The molecule has 0 aliphatic heterocycles. The van der Waals surface area contributed by atoms with E-state index in [2.05, 4.69) is 10.3 Å². The third-order valence-electron chi connectivity index (χ3n) is 3.82. The number of aliphatic hydroxyl groups excluding tert-OH is 1. The van der Waals surface area contributed by atoms with Crippen molar-refractivity contribution in [3.8, 4) is 5.69 Å². The topological polar surface area (TPSA) is 67.2 Å². The Hall–Kier alpha value is -2.92. The van der Waals surface area contributed by atoms with Crippen LogP contribution < -0.4 is 5.32 Å². The van der Waals surface area contributed by atoms with Gasteiger partial charge in [0.05, 0.1) is 18.6 Å². The third-order valence-corrected chi connectivity index (χ3v) is 3.82. The highest BCUT2D eigenvalue weighted by Crippen LogP contribution is 2.13. The predicted molar refractivity (Wildman–Crippen MR) is 91.8 cm³/mol. The number of benzene rings is 2. The molecule has 122 valence electrons. The SMILES string of the molecule is C[C@H](O)c1ccc(CNC(=O)c2cncn2-c2ccccc2)cc1. The van der Waals surface area contributed by atoms with E-state index in [0.29, 0.717) is 12.2 Å².